The molecular weight excluding hydrogens is 304 g/mol. The topological polar surface area (TPSA) is 80.4 Å². The second-order valence-corrected chi connectivity index (χ2v) is 7.07. The Hall–Kier alpha value is -1.82. The summed E-state index contributed by atoms with van der Waals surface area (Å²) in [6.45, 7) is 8.96. The summed E-state index contributed by atoms with van der Waals surface area (Å²) in [6, 6.07) is 2.91. The summed E-state index contributed by atoms with van der Waals surface area (Å²) in [5.74, 6) is 0.608. The van der Waals surface area contributed by atoms with Crippen LogP contribution in [0.5, 0.6) is 0 Å². The van der Waals surface area contributed by atoms with Crippen molar-refractivity contribution in [3.05, 3.63) is 28.7 Å². The molecule has 6 nitrogen and oxygen atoms in total. The molecule has 24 heavy (non-hydrogen) atoms. The van der Waals surface area contributed by atoms with Gasteiger partial charge in [0.25, 0.3) is 5.56 Å². The fourth-order valence-corrected chi connectivity index (χ4v) is 3.21. The minimum atomic E-state index is -0.521. The molecule has 2 rings (SSSR count). The SMILES string of the molecule is CC1CCN(c2ccc(=O)n(C(C(=O)NCCN)C(C)C)c2)CC1. The Balaban J connectivity index is 2.28. The Morgan fingerprint density at radius 1 is 1.33 bits per heavy atom. The van der Waals surface area contributed by atoms with E-state index < -0.39 is 6.04 Å². The summed E-state index contributed by atoms with van der Waals surface area (Å²) in [5.41, 5.74) is 6.33. The predicted octanol–water partition coefficient (Wildman–Crippen LogP) is 1.36. The smallest absolute Gasteiger partial charge is 0.251 e. The normalized spacial score (nSPS) is 17.1. The van der Waals surface area contributed by atoms with Crippen molar-refractivity contribution >= 4 is 11.6 Å². The Bertz CT molecular complexity index is 603. The van der Waals surface area contributed by atoms with E-state index in [9.17, 15) is 9.59 Å². The molecule has 6 heteroatoms. The summed E-state index contributed by atoms with van der Waals surface area (Å²) in [7, 11) is 0. The van der Waals surface area contributed by atoms with Crippen LogP contribution in [0.1, 0.15) is 39.7 Å². The molecular formula is C18H30N4O2. The number of nitrogens with zero attached hydrogens (tertiary/aromatic N) is 2. The number of nitrogens with two attached hydrogens (primary N) is 1. The van der Waals surface area contributed by atoms with Crippen LogP contribution in [-0.2, 0) is 4.79 Å². The standard InChI is InChI=1S/C18H30N4O2/c1-13(2)17(18(24)20-9-8-19)22-12-15(4-5-16(22)23)21-10-6-14(3)7-11-21/h4-5,12-14,17H,6-11,19H2,1-3H3,(H,20,24). The number of hydrogen-bond donors (Lipinski definition) is 2. The van der Waals surface area contributed by atoms with E-state index >= 15 is 0 Å². The van der Waals surface area contributed by atoms with Gasteiger partial charge >= 0.3 is 0 Å². The van der Waals surface area contributed by atoms with Gasteiger partial charge in [0.1, 0.15) is 6.04 Å². The maximum Gasteiger partial charge on any atom is 0.251 e. The number of amides is 1. The molecule has 1 aromatic heterocycles. The fourth-order valence-electron chi connectivity index (χ4n) is 3.21. The molecule has 1 saturated heterocycles. The van der Waals surface area contributed by atoms with Gasteiger partial charge in [-0.3, -0.25) is 9.59 Å². The maximum absolute atomic E-state index is 12.5. The van der Waals surface area contributed by atoms with Gasteiger partial charge in [-0.2, -0.15) is 0 Å². The average molecular weight is 334 g/mol. The van der Waals surface area contributed by atoms with E-state index in [-0.39, 0.29) is 17.4 Å². The summed E-state index contributed by atoms with van der Waals surface area (Å²) < 4.78 is 1.57. The van der Waals surface area contributed by atoms with Crippen LogP contribution < -0.4 is 21.5 Å². The van der Waals surface area contributed by atoms with Crippen molar-refractivity contribution in [3.8, 4) is 0 Å². The Labute approximate surface area is 144 Å². The minimum absolute atomic E-state index is 0.0112. The Kier molecular flexibility index (Phi) is 6.43. The van der Waals surface area contributed by atoms with Gasteiger partial charge in [-0.05, 0) is 30.7 Å². The molecule has 0 spiro atoms. The lowest BCUT2D eigenvalue weighted by molar-refractivity contribution is -0.125. The lowest BCUT2D eigenvalue weighted by Crippen LogP contribution is -2.41. The molecule has 1 unspecified atom stereocenters. The van der Waals surface area contributed by atoms with Crippen molar-refractivity contribution in [2.24, 2.45) is 17.6 Å². The Morgan fingerprint density at radius 3 is 2.58 bits per heavy atom. The van der Waals surface area contributed by atoms with Crippen LogP contribution in [-0.4, -0.2) is 36.7 Å². The lowest BCUT2D eigenvalue weighted by Gasteiger charge is -2.33. The number of anilines is 1. The highest BCUT2D eigenvalue weighted by molar-refractivity contribution is 5.80. The summed E-state index contributed by atoms with van der Waals surface area (Å²) in [5, 5.41) is 2.81. The molecule has 1 aliphatic heterocycles. The van der Waals surface area contributed by atoms with Crippen LogP contribution in [0.4, 0.5) is 5.69 Å². The van der Waals surface area contributed by atoms with E-state index in [4.69, 9.17) is 5.73 Å². The van der Waals surface area contributed by atoms with E-state index in [0.717, 1.165) is 37.5 Å². The van der Waals surface area contributed by atoms with E-state index in [1.807, 2.05) is 26.1 Å². The number of nitrogens with one attached hydrogen (secondary N) is 1. The molecule has 0 bridgehead atoms. The molecule has 2 heterocycles. The quantitative estimate of drug-likeness (QED) is 0.823. The molecule has 134 valence electrons. The highest BCUT2D eigenvalue weighted by Crippen LogP contribution is 2.24. The Morgan fingerprint density at radius 2 is 2.00 bits per heavy atom. The van der Waals surface area contributed by atoms with Crippen molar-refractivity contribution in [1.82, 2.24) is 9.88 Å². The molecule has 0 aromatic carbocycles. The van der Waals surface area contributed by atoms with E-state index in [1.54, 1.807) is 10.6 Å². The summed E-state index contributed by atoms with van der Waals surface area (Å²) >= 11 is 0. The molecule has 0 saturated carbocycles. The first kappa shape index (κ1) is 18.5. The summed E-state index contributed by atoms with van der Waals surface area (Å²) in [6.07, 6.45) is 4.15. The van der Waals surface area contributed by atoms with Crippen LogP contribution in [0.25, 0.3) is 0 Å². The first-order valence-corrected chi connectivity index (χ1v) is 8.89. The van der Waals surface area contributed by atoms with Crippen LogP contribution in [0.2, 0.25) is 0 Å². The monoisotopic (exact) mass is 334 g/mol. The van der Waals surface area contributed by atoms with Crippen molar-refractivity contribution in [3.63, 3.8) is 0 Å². The van der Waals surface area contributed by atoms with Gasteiger partial charge < -0.3 is 20.5 Å². The predicted molar refractivity (Wildman–Crippen MR) is 97.3 cm³/mol. The van der Waals surface area contributed by atoms with Crippen molar-refractivity contribution in [2.45, 2.75) is 39.7 Å². The highest BCUT2D eigenvalue weighted by atomic mass is 16.2. The number of piperidine rings is 1. The summed E-state index contributed by atoms with van der Waals surface area (Å²) in [4.78, 5) is 27.2. The first-order valence-electron chi connectivity index (χ1n) is 8.89. The average Bonchev–Trinajstić information content (AvgIpc) is 2.55. The first-order chi connectivity index (χ1) is 11.4. The number of hydrogen-bond acceptors (Lipinski definition) is 4. The van der Waals surface area contributed by atoms with Crippen LogP contribution in [0, 0.1) is 11.8 Å². The highest BCUT2D eigenvalue weighted by Gasteiger charge is 2.25. The maximum atomic E-state index is 12.5. The number of pyridine rings is 1. The molecule has 1 atom stereocenters. The van der Waals surface area contributed by atoms with Crippen LogP contribution >= 0.6 is 0 Å². The lowest BCUT2D eigenvalue weighted by atomic mass is 9.99. The third kappa shape index (κ3) is 4.38. The number of rotatable bonds is 6. The van der Waals surface area contributed by atoms with Gasteiger partial charge in [0.2, 0.25) is 5.91 Å². The molecule has 1 fully saturated rings. The van der Waals surface area contributed by atoms with Gasteiger partial charge in [0.15, 0.2) is 0 Å². The van der Waals surface area contributed by atoms with E-state index in [0.29, 0.717) is 13.1 Å². The zero-order valence-corrected chi connectivity index (χ0v) is 15.0. The zero-order chi connectivity index (χ0) is 17.7. The molecule has 3 N–H and O–H groups in total. The van der Waals surface area contributed by atoms with Crippen molar-refractivity contribution in [1.29, 1.82) is 0 Å². The van der Waals surface area contributed by atoms with Gasteiger partial charge in [-0.1, -0.05) is 20.8 Å². The van der Waals surface area contributed by atoms with Gasteiger partial charge in [-0.25, -0.2) is 0 Å². The number of carbonyl (C=O) groups excluding carboxylic acids is 1. The van der Waals surface area contributed by atoms with Crippen LogP contribution in [0.15, 0.2) is 23.1 Å². The largest absolute Gasteiger partial charge is 0.370 e. The third-order valence-electron chi connectivity index (χ3n) is 4.71. The van der Waals surface area contributed by atoms with E-state index in [1.165, 1.54) is 0 Å². The second-order valence-electron chi connectivity index (χ2n) is 7.07. The van der Waals surface area contributed by atoms with Crippen LogP contribution in [0.3, 0.4) is 0 Å². The van der Waals surface area contributed by atoms with Gasteiger partial charge in [0, 0.05) is 38.4 Å². The number of carbonyl (C=O) groups is 1. The minimum Gasteiger partial charge on any atom is -0.370 e. The number of aromatic nitrogens is 1. The van der Waals surface area contributed by atoms with E-state index in [2.05, 4.69) is 17.1 Å². The molecule has 1 aliphatic rings. The van der Waals surface area contributed by atoms with Gasteiger partial charge in [0.05, 0.1) is 5.69 Å². The van der Waals surface area contributed by atoms with Crippen molar-refractivity contribution in [2.75, 3.05) is 31.1 Å². The molecule has 0 aliphatic carbocycles. The molecule has 1 aromatic rings. The fraction of sp³-hybridized carbons (Fsp3) is 0.667. The second kappa shape index (κ2) is 8.33. The third-order valence-corrected chi connectivity index (χ3v) is 4.71. The zero-order valence-electron chi connectivity index (χ0n) is 15.0. The molecule has 1 amide bonds. The van der Waals surface area contributed by atoms with Crippen molar-refractivity contribution < 1.29 is 4.79 Å². The molecule has 0 radical (unpaired) electrons. The van der Waals surface area contributed by atoms with Gasteiger partial charge in [-0.15, -0.1) is 0 Å².